The van der Waals surface area contributed by atoms with Gasteiger partial charge < -0.3 is 14.8 Å². The summed E-state index contributed by atoms with van der Waals surface area (Å²) in [5.74, 6) is -0.286. The van der Waals surface area contributed by atoms with Gasteiger partial charge >= 0.3 is 12.6 Å². The minimum absolute atomic E-state index is 0.0209. The van der Waals surface area contributed by atoms with Crippen molar-refractivity contribution >= 4 is 40.0 Å². The van der Waals surface area contributed by atoms with E-state index in [0.29, 0.717) is 33.7 Å². The van der Waals surface area contributed by atoms with Crippen molar-refractivity contribution in [2.24, 2.45) is 0 Å². The van der Waals surface area contributed by atoms with Gasteiger partial charge in [0.1, 0.15) is 10.8 Å². The van der Waals surface area contributed by atoms with E-state index in [1.54, 1.807) is 29.7 Å². The van der Waals surface area contributed by atoms with Crippen LogP contribution in [0.2, 0.25) is 0 Å². The number of hydrogen-bond donors (Lipinski definition) is 1. The maximum absolute atomic E-state index is 12.6. The summed E-state index contributed by atoms with van der Waals surface area (Å²) in [5.41, 5.74) is 1.75. The summed E-state index contributed by atoms with van der Waals surface area (Å²) in [4.78, 5) is 25.6. The van der Waals surface area contributed by atoms with Gasteiger partial charge in [-0.05, 0) is 43.7 Å². The Kier molecular flexibility index (Phi) is 8.40. The molecule has 0 fully saturated rings. The summed E-state index contributed by atoms with van der Waals surface area (Å²) in [7, 11) is 1.29. The fraction of sp³-hybridized carbons (Fsp3) is 0.273. The number of ether oxygens (including phenoxy) is 2. The molecule has 2 aromatic heterocycles. The van der Waals surface area contributed by atoms with E-state index in [1.807, 2.05) is 6.92 Å². The molecular weight excluding hydrogens is 486 g/mol. The van der Waals surface area contributed by atoms with Gasteiger partial charge in [-0.2, -0.15) is 8.78 Å². The number of carbonyl (C=O) groups is 2. The summed E-state index contributed by atoms with van der Waals surface area (Å²) < 4.78 is 35.7. The fourth-order valence-electron chi connectivity index (χ4n) is 3.04. The number of nitrogens with zero attached hydrogens (tertiary/aromatic N) is 3. The van der Waals surface area contributed by atoms with E-state index in [4.69, 9.17) is 4.74 Å². The number of allylic oxidation sites excluding steroid dienone is 1. The van der Waals surface area contributed by atoms with Gasteiger partial charge in [-0.25, -0.2) is 4.79 Å². The summed E-state index contributed by atoms with van der Waals surface area (Å²) in [6.07, 6.45) is 1.66. The molecule has 0 bridgehead atoms. The lowest BCUT2D eigenvalue weighted by molar-refractivity contribution is -0.113. The number of anilines is 1. The summed E-state index contributed by atoms with van der Waals surface area (Å²) in [5, 5.41) is 12.0. The van der Waals surface area contributed by atoms with E-state index in [1.165, 1.54) is 42.3 Å². The van der Waals surface area contributed by atoms with Gasteiger partial charge in [-0.1, -0.05) is 17.8 Å². The van der Waals surface area contributed by atoms with Gasteiger partial charge in [-0.3, -0.25) is 9.36 Å². The Bertz CT molecular complexity index is 1190. The largest absolute Gasteiger partial charge is 0.465 e. The van der Waals surface area contributed by atoms with Crippen LogP contribution in [-0.4, -0.2) is 46.1 Å². The van der Waals surface area contributed by atoms with Crippen LogP contribution < -0.4 is 10.1 Å². The van der Waals surface area contributed by atoms with Crippen molar-refractivity contribution in [3.8, 4) is 17.1 Å². The van der Waals surface area contributed by atoms with Gasteiger partial charge in [0.2, 0.25) is 5.91 Å². The Balaban J connectivity index is 1.74. The van der Waals surface area contributed by atoms with E-state index in [-0.39, 0.29) is 17.4 Å². The fourth-order valence-corrected chi connectivity index (χ4v) is 4.86. The van der Waals surface area contributed by atoms with Crippen LogP contribution in [0.1, 0.15) is 20.8 Å². The first-order valence-corrected chi connectivity index (χ1v) is 11.8. The number of esters is 1. The molecule has 12 heteroatoms. The first-order chi connectivity index (χ1) is 16.2. The quantitative estimate of drug-likeness (QED) is 0.236. The van der Waals surface area contributed by atoms with Crippen LogP contribution in [0.15, 0.2) is 42.1 Å². The SMILES string of the molecule is C=CCn1c(SCC(=O)Nc2sc(C)c(C)c2C(=O)OC)nnc1-c1ccc(OC(F)F)cc1. The first-order valence-electron chi connectivity index (χ1n) is 9.95. The molecule has 180 valence electrons. The molecule has 8 nitrogen and oxygen atoms in total. The molecule has 0 spiro atoms. The Morgan fingerprint density at radius 2 is 1.97 bits per heavy atom. The van der Waals surface area contributed by atoms with Gasteiger partial charge in [-0.15, -0.1) is 28.1 Å². The van der Waals surface area contributed by atoms with Crippen LogP contribution in [-0.2, 0) is 16.1 Å². The predicted octanol–water partition coefficient (Wildman–Crippen LogP) is 4.93. The summed E-state index contributed by atoms with van der Waals surface area (Å²) in [6, 6.07) is 6.02. The number of rotatable bonds is 10. The lowest BCUT2D eigenvalue weighted by Gasteiger charge is -2.09. The number of benzene rings is 1. The van der Waals surface area contributed by atoms with Crippen molar-refractivity contribution in [1.29, 1.82) is 0 Å². The van der Waals surface area contributed by atoms with E-state index in [0.717, 1.165) is 10.4 Å². The zero-order valence-corrected chi connectivity index (χ0v) is 20.3. The van der Waals surface area contributed by atoms with E-state index >= 15 is 0 Å². The standard InChI is InChI=1S/C22H22F2N4O4S2/c1-5-10-28-18(14-6-8-15(9-7-14)32-21(23)24)26-27-22(28)33-11-16(29)25-19-17(20(30)31-4)12(2)13(3)34-19/h5-9,21H,1,10-11H2,2-4H3,(H,25,29). The van der Waals surface area contributed by atoms with Crippen LogP contribution in [0.5, 0.6) is 5.75 Å². The molecule has 3 rings (SSSR count). The molecule has 0 radical (unpaired) electrons. The molecule has 0 unspecified atom stereocenters. The Labute approximate surface area is 203 Å². The van der Waals surface area contributed by atoms with Crippen LogP contribution in [0.25, 0.3) is 11.4 Å². The number of aromatic nitrogens is 3. The maximum atomic E-state index is 12.6. The molecule has 1 amide bonds. The van der Waals surface area contributed by atoms with Crippen molar-refractivity contribution < 1.29 is 27.8 Å². The topological polar surface area (TPSA) is 95.3 Å². The van der Waals surface area contributed by atoms with E-state index < -0.39 is 12.6 Å². The first kappa shape index (κ1) is 25.4. The molecule has 0 aliphatic carbocycles. The molecule has 1 N–H and O–H groups in total. The normalized spacial score (nSPS) is 10.9. The second kappa shape index (κ2) is 11.3. The smallest absolute Gasteiger partial charge is 0.387 e. The Morgan fingerprint density at radius 3 is 2.59 bits per heavy atom. The zero-order chi connectivity index (χ0) is 24.8. The number of aryl methyl sites for hydroxylation is 1. The summed E-state index contributed by atoms with van der Waals surface area (Å²) in [6.45, 7) is 4.87. The number of alkyl halides is 2. The highest BCUT2D eigenvalue weighted by Crippen LogP contribution is 2.33. The minimum atomic E-state index is -2.91. The average Bonchev–Trinajstić information content (AvgIpc) is 3.32. The average molecular weight is 509 g/mol. The Morgan fingerprint density at radius 1 is 1.26 bits per heavy atom. The molecular formula is C22H22F2N4O4S2. The maximum Gasteiger partial charge on any atom is 0.387 e. The number of nitrogens with one attached hydrogen (secondary N) is 1. The molecule has 34 heavy (non-hydrogen) atoms. The lowest BCUT2D eigenvalue weighted by atomic mass is 10.1. The van der Waals surface area contributed by atoms with E-state index in [9.17, 15) is 18.4 Å². The third-order valence-corrected chi connectivity index (χ3v) is 6.82. The highest BCUT2D eigenvalue weighted by atomic mass is 32.2. The monoisotopic (exact) mass is 508 g/mol. The predicted molar refractivity (Wildman–Crippen MR) is 127 cm³/mol. The van der Waals surface area contributed by atoms with Gasteiger partial charge in [0.15, 0.2) is 11.0 Å². The highest BCUT2D eigenvalue weighted by molar-refractivity contribution is 7.99. The number of halogens is 2. The van der Waals surface area contributed by atoms with Crippen molar-refractivity contribution in [1.82, 2.24) is 14.8 Å². The second-order valence-electron chi connectivity index (χ2n) is 6.92. The van der Waals surface area contributed by atoms with Gasteiger partial charge in [0.25, 0.3) is 0 Å². The van der Waals surface area contributed by atoms with Crippen LogP contribution in [0.4, 0.5) is 13.8 Å². The molecule has 1 aromatic carbocycles. The zero-order valence-electron chi connectivity index (χ0n) is 18.6. The molecule has 0 atom stereocenters. The van der Waals surface area contributed by atoms with Gasteiger partial charge in [0, 0.05) is 17.0 Å². The molecule has 3 aromatic rings. The van der Waals surface area contributed by atoms with Crippen LogP contribution in [0, 0.1) is 13.8 Å². The van der Waals surface area contributed by atoms with Crippen LogP contribution in [0.3, 0.4) is 0 Å². The molecule has 0 aliphatic heterocycles. The third kappa shape index (κ3) is 5.81. The molecule has 0 saturated heterocycles. The molecule has 2 heterocycles. The van der Waals surface area contributed by atoms with Crippen molar-refractivity contribution in [2.75, 3.05) is 18.2 Å². The van der Waals surface area contributed by atoms with Crippen molar-refractivity contribution in [2.45, 2.75) is 32.2 Å². The van der Waals surface area contributed by atoms with Crippen LogP contribution >= 0.6 is 23.1 Å². The highest BCUT2D eigenvalue weighted by Gasteiger charge is 2.22. The van der Waals surface area contributed by atoms with Gasteiger partial charge in [0.05, 0.1) is 18.4 Å². The van der Waals surface area contributed by atoms with Crippen molar-refractivity contribution in [3.63, 3.8) is 0 Å². The molecule has 0 aliphatic rings. The number of amides is 1. The number of methoxy groups -OCH3 is 1. The van der Waals surface area contributed by atoms with E-state index in [2.05, 4.69) is 26.8 Å². The number of carbonyl (C=O) groups excluding carboxylic acids is 2. The van der Waals surface area contributed by atoms with Crippen molar-refractivity contribution in [3.05, 3.63) is 52.9 Å². The number of thioether (sulfide) groups is 1. The minimum Gasteiger partial charge on any atom is -0.465 e. The lowest BCUT2D eigenvalue weighted by Crippen LogP contribution is -2.16. The number of thiophene rings is 1. The Hall–Kier alpha value is -3.25. The molecule has 0 saturated carbocycles. The number of hydrogen-bond acceptors (Lipinski definition) is 8. The summed E-state index contributed by atoms with van der Waals surface area (Å²) >= 11 is 2.47. The second-order valence-corrected chi connectivity index (χ2v) is 9.09. The third-order valence-electron chi connectivity index (χ3n) is 4.73.